The van der Waals surface area contributed by atoms with Crippen LogP contribution in [-0.2, 0) is 0 Å². The second kappa shape index (κ2) is 7.37. The van der Waals surface area contributed by atoms with Crippen LogP contribution in [-0.4, -0.2) is 59.7 Å². The van der Waals surface area contributed by atoms with Crippen molar-refractivity contribution in [1.82, 2.24) is 19.9 Å². The Morgan fingerprint density at radius 1 is 1.29 bits per heavy atom. The van der Waals surface area contributed by atoms with E-state index in [1.807, 2.05) is 6.92 Å². The molecule has 2 rings (SSSR count). The van der Waals surface area contributed by atoms with Crippen LogP contribution in [0.25, 0.3) is 0 Å². The first kappa shape index (κ1) is 15.7. The van der Waals surface area contributed by atoms with Gasteiger partial charge in [0.2, 0.25) is 11.9 Å². The highest BCUT2D eigenvalue weighted by atomic mass is 16.5. The van der Waals surface area contributed by atoms with Crippen molar-refractivity contribution < 1.29 is 4.74 Å². The Labute approximate surface area is 125 Å². The van der Waals surface area contributed by atoms with Gasteiger partial charge in [0.1, 0.15) is 0 Å². The van der Waals surface area contributed by atoms with E-state index in [1.165, 1.54) is 0 Å². The predicted octanol–water partition coefficient (Wildman–Crippen LogP) is 0.476. The molecule has 2 heterocycles. The molecule has 1 aromatic heterocycles. The Morgan fingerprint density at radius 2 is 2.00 bits per heavy atom. The molecule has 0 bridgehead atoms. The zero-order chi connectivity index (χ0) is 15.2. The Hall–Kier alpha value is -1.67. The van der Waals surface area contributed by atoms with Crippen molar-refractivity contribution in [2.75, 3.05) is 44.1 Å². The van der Waals surface area contributed by atoms with Crippen LogP contribution in [0.4, 0.5) is 11.9 Å². The van der Waals surface area contributed by atoms with Gasteiger partial charge in [-0.2, -0.15) is 15.0 Å². The molecule has 0 spiro atoms. The van der Waals surface area contributed by atoms with E-state index in [0.29, 0.717) is 30.6 Å². The average molecular weight is 295 g/mol. The topological polar surface area (TPSA) is 92.4 Å². The number of rotatable bonds is 6. The van der Waals surface area contributed by atoms with Crippen molar-refractivity contribution >= 4 is 11.9 Å². The van der Waals surface area contributed by atoms with Crippen molar-refractivity contribution in [3.63, 3.8) is 0 Å². The number of nitrogens with two attached hydrogens (primary N) is 1. The lowest BCUT2D eigenvalue weighted by molar-refractivity contribution is 0.248. The van der Waals surface area contributed by atoms with E-state index in [-0.39, 0.29) is 0 Å². The maximum atomic E-state index is 5.50. The summed E-state index contributed by atoms with van der Waals surface area (Å²) in [5, 5.41) is 0. The van der Waals surface area contributed by atoms with Gasteiger partial charge in [-0.1, -0.05) is 6.92 Å². The SMILES string of the molecule is CCCOc1nc(NN)nc(N2CCC(N(C)C)CC2)n1. The van der Waals surface area contributed by atoms with E-state index >= 15 is 0 Å². The fourth-order valence-electron chi connectivity index (χ4n) is 2.39. The molecule has 0 aliphatic carbocycles. The maximum absolute atomic E-state index is 5.50. The molecule has 1 saturated heterocycles. The highest BCUT2D eigenvalue weighted by molar-refractivity contribution is 5.38. The van der Waals surface area contributed by atoms with Crippen molar-refractivity contribution in [3.8, 4) is 6.01 Å². The van der Waals surface area contributed by atoms with E-state index in [4.69, 9.17) is 10.6 Å². The predicted molar refractivity (Wildman–Crippen MR) is 82.3 cm³/mol. The number of piperidine rings is 1. The lowest BCUT2D eigenvalue weighted by atomic mass is 10.0. The lowest BCUT2D eigenvalue weighted by Gasteiger charge is -2.35. The summed E-state index contributed by atoms with van der Waals surface area (Å²) in [5.74, 6) is 6.38. The normalized spacial score (nSPS) is 16.3. The lowest BCUT2D eigenvalue weighted by Crippen LogP contribution is -2.42. The molecule has 1 aromatic rings. The zero-order valence-corrected chi connectivity index (χ0v) is 13.0. The molecule has 118 valence electrons. The van der Waals surface area contributed by atoms with E-state index in [9.17, 15) is 0 Å². The van der Waals surface area contributed by atoms with Gasteiger partial charge in [-0.25, -0.2) is 5.84 Å². The van der Waals surface area contributed by atoms with Crippen LogP contribution in [0.2, 0.25) is 0 Å². The first-order valence-corrected chi connectivity index (χ1v) is 7.41. The molecule has 0 radical (unpaired) electrons. The number of aromatic nitrogens is 3. The van der Waals surface area contributed by atoms with Crippen LogP contribution in [0, 0.1) is 0 Å². The third-order valence-electron chi connectivity index (χ3n) is 3.65. The number of nitrogens with zero attached hydrogens (tertiary/aromatic N) is 5. The third-order valence-corrected chi connectivity index (χ3v) is 3.65. The monoisotopic (exact) mass is 295 g/mol. The molecule has 1 fully saturated rings. The molecule has 3 N–H and O–H groups in total. The minimum Gasteiger partial charge on any atom is -0.463 e. The molecular formula is C13H25N7O. The zero-order valence-electron chi connectivity index (χ0n) is 13.0. The molecule has 1 aliphatic rings. The number of hydrogen-bond acceptors (Lipinski definition) is 8. The summed E-state index contributed by atoms with van der Waals surface area (Å²) in [6.45, 7) is 4.46. The maximum Gasteiger partial charge on any atom is 0.323 e. The van der Waals surface area contributed by atoms with Gasteiger partial charge in [0.15, 0.2) is 0 Å². The summed E-state index contributed by atoms with van der Waals surface area (Å²) in [7, 11) is 4.24. The first-order chi connectivity index (χ1) is 10.1. The second-order valence-electron chi connectivity index (χ2n) is 5.42. The van der Waals surface area contributed by atoms with Gasteiger partial charge in [-0.15, -0.1) is 0 Å². The summed E-state index contributed by atoms with van der Waals surface area (Å²) in [6.07, 6.45) is 3.09. The highest BCUT2D eigenvalue weighted by Gasteiger charge is 2.23. The molecule has 21 heavy (non-hydrogen) atoms. The average Bonchev–Trinajstić information content (AvgIpc) is 2.52. The third kappa shape index (κ3) is 4.15. The van der Waals surface area contributed by atoms with E-state index in [0.717, 1.165) is 32.4 Å². The minimum absolute atomic E-state index is 0.324. The summed E-state index contributed by atoms with van der Waals surface area (Å²) < 4.78 is 5.50. The van der Waals surface area contributed by atoms with Gasteiger partial charge in [0.25, 0.3) is 0 Å². The summed E-state index contributed by atoms with van der Waals surface area (Å²) in [6, 6.07) is 0.940. The molecule has 8 heteroatoms. The molecule has 0 amide bonds. The Balaban J connectivity index is 2.08. The summed E-state index contributed by atoms with van der Waals surface area (Å²) in [4.78, 5) is 17.2. The van der Waals surface area contributed by atoms with Crippen LogP contribution in [0.15, 0.2) is 0 Å². The minimum atomic E-state index is 0.324. The molecule has 0 unspecified atom stereocenters. The van der Waals surface area contributed by atoms with Gasteiger partial charge in [-0.05, 0) is 33.4 Å². The summed E-state index contributed by atoms with van der Waals surface area (Å²) in [5.41, 5.74) is 2.47. The van der Waals surface area contributed by atoms with Crippen molar-refractivity contribution in [2.24, 2.45) is 5.84 Å². The number of hydrazine groups is 1. The number of anilines is 2. The fraction of sp³-hybridized carbons (Fsp3) is 0.769. The van der Waals surface area contributed by atoms with Crippen LogP contribution < -0.4 is 20.9 Å². The Kier molecular flexibility index (Phi) is 5.51. The number of ether oxygens (including phenoxy) is 1. The second-order valence-corrected chi connectivity index (χ2v) is 5.42. The van der Waals surface area contributed by atoms with Gasteiger partial charge < -0.3 is 14.5 Å². The smallest absolute Gasteiger partial charge is 0.323 e. The molecule has 0 atom stereocenters. The molecule has 0 aromatic carbocycles. The largest absolute Gasteiger partial charge is 0.463 e. The first-order valence-electron chi connectivity index (χ1n) is 7.41. The number of nitrogen functional groups attached to an aromatic ring is 1. The van der Waals surface area contributed by atoms with E-state index in [2.05, 4.69) is 44.3 Å². The molecule has 8 nitrogen and oxygen atoms in total. The summed E-state index contributed by atoms with van der Waals surface area (Å²) >= 11 is 0. The molecule has 1 aliphatic heterocycles. The van der Waals surface area contributed by atoms with Gasteiger partial charge >= 0.3 is 6.01 Å². The van der Waals surface area contributed by atoms with Crippen LogP contribution in [0.3, 0.4) is 0 Å². The van der Waals surface area contributed by atoms with Crippen LogP contribution in [0.1, 0.15) is 26.2 Å². The van der Waals surface area contributed by atoms with Crippen molar-refractivity contribution in [1.29, 1.82) is 0 Å². The molecular weight excluding hydrogens is 270 g/mol. The van der Waals surface area contributed by atoms with Gasteiger partial charge in [0.05, 0.1) is 6.61 Å². The highest BCUT2D eigenvalue weighted by Crippen LogP contribution is 2.21. The molecule has 0 saturated carbocycles. The number of hydrogen-bond donors (Lipinski definition) is 2. The Morgan fingerprint density at radius 3 is 2.57 bits per heavy atom. The van der Waals surface area contributed by atoms with E-state index < -0.39 is 0 Å². The quantitative estimate of drug-likeness (QED) is 0.578. The van der Waals surface area contributed by atoms with E-state index in [1.54, 1.807) is 0 Å². The van der Waals surface area contributed by atoms with Crippen molar-refractivity contribution in [2.45, 2.75) is 32.2 Å². The van der Waals surface area contributed by atoms with Crippen LogP contribution in [0.5, 0.6) is 6.01 Å². The number of nitrogens with one attached hydrogen (secondary N) is 1. The van der Waals surface area contributed by atoms with Crippen molar-refractivity contribution in [3.05, 3.63) is 0 Å². The van der Waals surface area contributed by atoms with Crippen LogP contribution >= 0.6 is 0 Å². The van der Waals surface area contributed by atoms with Gasteiger partial charge in [0, 0.05) is 19.1 Å². The standard InChI is InChI=1S/C13H25N7O/c1-4-9-21-13-16-11(18-14)15-12(17-13)20-7-5-10(6-8-20)19(2)3/h10H,4-9,14H2,1-3H3,(H,15,16,17,18). The fourth-order valence-corrected chi connectivity index (χ4v) is 2.39. The Bertz CT molecular complexity index is 446. The van der Waals surface area contributed by atoms with Gasteiger partial charge in [-0.3, -0.25) is 5.43 Å².